The summed E-state index contributed by atoms with van der Waals surface area (Å²) in [5.41, 5.74) is 38.1. The third-order valence-corrected chi connectivity index (χ3v) is 8.26. The number of rotatable bonds is 25. The number of aliphatic imine (C=N–C) groups is 2. The fraction of sp³-hybridized carbons (Fsp3) is 0.710. The number of carbonyl (C=O) groups excluding carboxylic acids is 6. The van der Waals surface area contributed by atoms with Crippen LogP contribution in [-0.2, 0) is 33.6 Å². The Morgan fingerprint density at radius 3 is 1.66 bits per heavy atom. The Hall–Kier alpha value is -5.25. The van der Waals surface area contributed by atoms with E-state index >= 15 is 0 Å². The average Bonchev–Trinajstić information content (AvgIpc) is 3.58. The number of carbonyl (C=O) groups is 7. The highest BCUT2D eigenvalue weighted by atomic mass is 16.4. The lowest BCUT2D eigenvalue weighted by Gasteiger charge is -2.28. The molecule has 0 aromatic rings. The molecule has 1 heterocycles. The normalized spacial score (nSPS) is 16.5. The van der Waals surface area contributed by atoms with Crippen LogP contribution in [0, 0.1) is 0 Å². The molecule has 6 atom stereocenters. The van der Waals surface area contributed by atoms with Gasteiger partial charge in [0, 0.05) is 26.1 Å². The number of hydrogen-bond acceptors (Lipinski definition) is 11. The van der Waals surface area contributed by atoms with E-state index < -0.39 is 77.7 Å². The van der Waals surface area contributed by atoms with Crippen molar-refractivity contribution < 1.29 is 38.7 Å². The van der Waals surface area contributed by atoms with E-state index in [9.17, 15) is 38.7 Å². The number of nitrogens with zero attached hydrogens (tertiary/aromatic N) is 3. The molecule has 53 heavy (non-hydrogen) atoms. The van der Waals surface area contributed by atoms with Gasteiger partial charge >= 0.3 is 5.97 Å². The molecule has 0 aromatic heterocycles. The molecule has 0 spiro atoms. The predicted octanol–water partition coefficient (Wildman–Crippen LogP) is -5.15. The van der Waals surface area contributed by atoms with Crippen LogP contribution in [0.2, 0.25) is 0 Å². The molecule has 19 N–H and O–H groups in total. The van der Waals surface area contributed by atoms with Gasteiger partial charge in [-0.05, 0) is 77.7 Å². The third-order valence-electron chi connectivity index (χ3n) is 8.26. The molecule has 0 bridgehead atoms. The van der Waals surface area contributed by atoms with Crippen LogP contribution in [0.4, 0.5) is 0 Å². The molecule has 1 fully saturated rings. The number of aliphatic carboxylic acids is 1. The van der Waals surface area contributed by atoms with Crippen molar-refractivity contribution in [2.75, 3.05) is 26.2 Å². The summed E-state index contributed by atoms with van der Waals surface area (Å²) >= 11 is 0. The number of guanidine groups is 2. The maximum absolute atomic E-state index is 13.7. The maximum atomic E-state index is 13.7. The number of likely N-dealkylation sites (tertiary alicyclic amines) is 1. The van der Waals surface area contributed by atoms with Gasteiger partial charge in [-0.2, -0.15) is 0 Å². The summed E-state index contributed by atoms with van der Waals surface area (Å²) in [6.07, 6.45) is 1.63. The Morgan fingerprint density at radius 1 is 0.717 bits per heavy atom. The van der Waals surface area contributed by atoms with Crippen molar-refractivity contribution in [2.24, 2.45) is 50.1 Å². The molecule has 22 heteroatoms. The largest absolute Gasteiger partial charge is 0.480 e. The second kappa shape index (κ2) is 24.1. The summed E-state index contributed by atoms with van der Waals surface area (Å²) in [5.74, 6) is -5.98. The van der Waals surface area contributed by atoms with E-state index in [-0.39, 0.29) is 76.5 Å². The van der Waals surface area contributed by atoms with Crippen LogP contribution in [-0.4, -0.2) is 126 Å². The zero-order valence-electron chi connectivity index (χ0n) is 30.3. The van der Waals surface area contributed by atoms with Gasteiger partial charge in [0.1, 0.15) is 30.2 Å². The van der Waals surface area contributed by atoms with Crippen LogP contribution in [0.25, 0.3) is 0 Å². The average molecular weight is 755 g/mol. The SMILES string of the molecule is C[C@H](N)C(=O)N1CCC[C@H]1C(=O)N[C@@H](CCCN=C(N)N)C(=O)N[C@@H](CCC(N)=O)C(=O)N[C@@H](CCCCN)C(=O)N[C@@H](CCCN=C(N)N)C(=O)O. The number of amides is 6. The number of carboxylic acid groups (broad SMARTS) is 1. The fourth-order valence-electron chi connectivity index (χ4n) is 5.50. The number of carboxylic acids is 1. The van der Waals surface area contributed by atoms with Gasteiger partial charge in [0.05, 0.1) is 6.04 Å². The van der Waals surface area contributed by atoms with E-state index in [2.05, 4.69) is 31.3 Å². The first-order chi connectivity index (χ1) is 25.0. The monoisotopic (exact) mass is 754 g/mol. The van der Waals surface area contributed by atoms with E-state index in [1.807, 2.05) is 0 Å². The van der Waals surface area contributed by atoms with E-state index in [1.54, 1.807) is 0 Å². The molecule has 0 unspecified atom stereocenters. The first kappa shape index (κ1) is 45.8. The van der Waals surface area contributed by atoms with Crippen LogP contribution >= 0.6 is 0 Å². The Kier molecular flexibility index (Phi) is 20.8. The number of nitrogens with two attached hydrogens (primary N) is 7. The van der Waals surface area contributed by atoms with E-state index in [4.69, 9.17) is 40.1 Å². The van der Waals surface area contributed by atoms with Gasteiger partial charge in [0.25, 0.3) is 0 Å². The summed E-state index contributed by atoms with van der Waals surface area (Å²) < 4.78 is 0. The van der Waals surface area contributed by atoms with Crippen molar-refractivity contribution in [3.05, 3.63) is 0 Å². The van der Waals surface area contributed by atoms with Crippen molar-refractivity contribution in [3.8, 4) is 0 Å². The topological polar surface area (TPSA) is 398 Å². The molecule has 0 saturated carbocycles. The Bertz CT molecular complexity index is 1320. The lowest BCUT2D eigenvalue weighted by atomic mass is 10.0. The minimum Gasteiger partial charge on any atom is -0.480 e. The molecular formula is C31H58N14O8. The molecule has 1 saturated heterocycles. The van der Waals surface area contributed by atoms with Crippen LogP contribution in [0.5, 0.6) is 0 Å². The number of primary amides is 1. The van der Waals surface area contributed by atoms with Crippen molar-refractivity contribution in [2.45, 2.75) is 114 Å². The first-order valence-corrected chi connectivity index (χ1v) is 17.6. The number of hydrogen-bond donors (Lipinski definition) is 12. The summed E-state index contributed by atoms with van der Waals surface area (Å²) in [6.45, 7) is 2.33. The summed E-state index contributed by atoms with van der Waals surface area (Å²) in [7, 11) is 0. The summed E-state index contributed by atoms with van der Waals surface area (Å²) in [6, 6.07) is -6.99. The van der Waals surface area contributed by atoms with Gasteiger partial charge in [-0.25, -0.2) is 4.79 Å². The van der Waals surface area contributed by atoms with E-state index in [0.717, 1.165) is 0 Å². The van der Waals surface area contributed by atoms with Crippen molar-refractivity contribution in [1.29, 1.82) is 0 Å². The molecule has 22 nitrogen and oxygen atoms in total. The van der Waals surface area contributed by atoms with Gasteiger partial charge in [0.15, 0.2) is 11.9 Å². The van der Waals surface area contributed by atoms with Gasteiger partial charge in [-0.15, -0.1) is 0 Å². The number of unbranched alkanes of at least 4 members (excludes halogenated alkanes) is 1. The molecule has 0 aliphatic carbocycles. The molecular weight excluding hydrogens is 696 g/mol. The third kappa shape index (κ3) is 17.7. The second-order valence-electron chi connectivity index (χ2n) is 12.7. The molecule has 0 radical (unpaired) electrons. The molecule has 1 rings (SSSR count). The van der Waals surface area contributed by atoms with Gasteiger partial charge in [-0.3, -0.25) is 38.8 Å². The fourth-order valence-corrected chi connectivity index (χ4v) is 5.50. The lowest BCUT2D eigenvalue weighted by Crippen LogP contribution is -2.59. The Labute approximate surface area is 308 Å². The van der Waals surface area contributed by atoms with E-state index in [0.29, 0.717) is 32.2 Å². The van der Waals surface area contributed by atoms with Gasteiger partial charge in [0.2, 0.25) is 35.4 Å². The Morgan fingerprint density at radius 2 is 1.19 bits per heavy atom. The molecule has 0 aromatic carbocycles. The van der Waals surface area contributed by atoms with Crippen molar-refractivity contribution in [3.63, 3.8) is 0 Å². The molecule has 1 aliphatic rings. The minimum atomic E-state index is -1.42. The smallest absolute Gasteiger partial charge is 0.326 e. The highest BCUT2D eigenvalue weighted by molar-refractivity contribution is 5.96. The van der Waals surface area contributed by atoms with Crippen LogP contribution < -0.4 is 61.4 Å². The molecule has 6 amide bonds. The molecule has 300 valence electrons. The van der Waals surface area contributed by atoms with Gasteiger partial charge in [-0.1, -0.05) is 0 Å². The second-order valence-corrected chi connectivity index (χ2v) is 12.7. The highest BCUT2D eigenvalue weighted by Gasteiger charge is 2.37. The van der Waals surface area contributed by atoms with Crippen LogP contribution in [0.1, 0.15) is 77.6 Å². The summed E-state index contributed by atoms with van der Waals surface area (Å²) in [5, 5.41) is 19.9. The zero-order valence-corrected chi connectivity index (χ0v) is 30.3. The predicted molar refractivity (Wildman–Crippen MR) is 195 cm³/mol. The lowest BCUT2D eigenvalue weighted by molar-refractivity contribution is -0.142. The first-order valence-electron chi connectivity index (χ1n) is 17.6. The minimum absolute atomic E-state index is 0.0103. The summed E-state index contributed by atoms with van der Waals surface area (Å²) in [4.78, 5) is 99.5. The van der Waals surface area contributed by atoms with Gasteiger partial charge < -0.3 is 71.4 Å². The van der Waals surface area contributed by atoms with Crippen LogP contribution in [0.15, 0.2) is 9.98 Å². The quantitative estimate of drug-likeness (QED) is 0.0236. The highest BCUT2D eigenvalue weighted by Crippen LogP contribution is 2.19. The van der Waals surface area contributed by atoms with Crippen molar-refractivity contribution in [1.82, 2.24) is 26.2 Å². The standard InChI is InChI=1S/C31H58N14O8/c1-17(33)28(51)45-16-6-10-22(45)27(50)43-19(8-4-14-39-30(35)36)24(47)42-20(11-12-23(34)46)26(49)41-18(7-2-3-13-32)25(48)44-21(29(52)53)9-5-15-40-31(37)38/h17-22H,2-16,32-33H2,1H3,(H2,34,46)(H,41,49)(H,42,47)(H,43,50)(H,44,48)(H,52,53)(H4,35,36,39)(H4,37,38,40)/t17-,18-,19-,20-,21-,22-/m0/s1. The van der Waals surface area contributed by atoms with E-state index in [1.165, 1.54) is 11.8 Å². The Balaban J connectivity index is 3.27. The zero-order chi connectivity index (χ0) is 40.1. The molecule has 1 aliphatic heterocycles. The van der Waals surface area contributed by atoms with Crippen molar-refractivity contribution >= 4 is 53.3 Å². The maximum Gasteiger partial charge on any atom is 0.326 e. The van der Waals surface area contributed by atoms with Crippen LogP contribution in [0.3, 0.4) is 0 Å². The number of nitrogens with one attached hydrogen (secondary N) is 4.